The minimum atomic E-state index is 0.585. The summed E-state index contributed by atoms with van der Waals surface area (Å²) in [6.07, 6.45) is 1.56. The summed E-state index contributed by atoms with van der Waals surface area (Å²) in [6, 6.07) is 3.84. The first-order valence-corrected chi connectivity index (χ1v) is 6.16. The van der Waals surface area contributed by atoms with Crippen LogP contribution < -0.4 is 12.6 Å². The lowest BCUT2D eigenvalue weighted by Gasteiger charge is -2.19. The number of nitrogens with zero attached hydrogens (tertiary/aromatic N) is 3. The molecule has 0 N–H and O–H groups in total. The van der Waals surface area contributed by atoms with Crippen LogP contribution in [0.25, 0.3) is 10.9 Å². The van der Waals surface area contributed by atoms with E-state index >= 15 is 0 Å². The Morgan fingerprint density at radius 2 is 1.88 bits per heavy atom. The van der Waals surface area contributed by atoms with Crippen molar-refractivity contribution in [2.45, 2.75) is 0 Å². The molecule has 0 saturated carbocycles. The first-order valence-electron chi connectivity index (χ1n) is 5.19. The molecule has 0 aliphatic carbocycles. The number of aromatic nitrogens is 2. The van der Waals surface area contributed by atoms with E-state index in [1.54, 1.807) is 6.33 Å². The molecular formula is C11H10IN3O2. The third kappa shape index (κ3) is 1.86. The normalized spacial score (nSPS) is 13.8. The Hall–Kier alpha value is -1.31. The van der Waals surface area contributed by atoms with E-state index in [0.29, 0.717) is 13.2 Å². The molecule has 6 heteroatoms. The van der Waals surface area contributed by atoms with Gasteiger partial charge in [-0.05, 0) is 6.07 Å². The third-order valence-electron chi connectivity index (χ3n) is 2.57. The summed E-state index contributed by atoms with van der Waals surface area (Å²) < 4.78 is 13.0. The minimum Gasteiger partial charge on any atom is -0.486 e. The van der Waals surface area contributed by atoms with Gasteiger partial charge in [0.15, 0.2) is 11.5 Å². The fourth-order valence-corrected chi connectivity index (χ4v) is 2.21. The highest BCUT2D eigenvalue weighted by Crippen LogP contribution is 2.36. The van der Waals surface area contributed by atoms with Crippen molar-refractivity contribution in [2.24, 2.45) is 0 Å². The molecule has 1 aromatic heterocycles. The van der Waals surface area contributed by atoms with Crippen LogP contribution in [0, 0.1) is 0 Å². The lowest BCUT2D eigenvalue weighted by molar-refractivity contribution is 0.172. The Labute approximate surface area is 112 Å². The number of rotatable bonds is 1. The zero-order valence-electron chi connectivity index (χ0n) is 9.18. The van der Waals surface area contributed by atoms with Crippen LogP contribution in [0.4, 0.5) is 5.82 Å². The number of ether oxygens (including phenoxy) is 2. The Kier molecular flexibility index (Phi) is 2.65. The molecule has 1 aliphatic heterocycles. The smallest absolute Gasteiger partial charge is 0.163 e. The highest BCUT2D eigenvalue weighted by molar-refractivity contribution is 14.1. The number of halogens is 1. The van der Waals surface area contributed by atoms with Crippen LogP contribution in [-0.4, -0.2) is 30.2 Å². The molecule has 0 bridgehead atoms. The van der Waals surface area contributed by atoms with Gasteiger partial charge in [-0.15, -0.1) is 0 Å². The standard InChI is InChI=1S/C11H10IN3O2/c1-15(12)11-7-4-9-10(17-3-2-16-9)5-8(7)13-6-14-11/h4-6H,2-3H2,1H3. The average Bonchev–Trinajstić information content (AvgIpc) is 2.35. The van der Waals surface area contributed by atoms with Gasteiger partial charge in [-0.2, -0.15) is 0 Å². The molecule has 2 aromatic rings. The molecule has 88 valence electrons. The third-order valence-corrected chi connectivity index (χ3v) is 3.03. The van der Waals surface area contributed by atoms with E-state index in [4.69, 9.17) is 9.47 Å². The molecule has 0 amide bonds. The van der Waals surface area contributed by atoms with Crippen molar-refractivity contribution in [3.05, 3.63) is 18.5 Å². The van der Waals surface area contributed by atoms with Crippen LogP contribution in [0.2, 0.25) is 0 Å². The summed E-state index contributed by atoms with van der Waals surface area (Å²) in [4.78, 5) is 8.52. The first kappa shape index (κ1) is 10.8. The summed E-state index contributed by atoms with van der Waals surface area (Å²) in [5.41, 5.74) is 0.864. The summed E-state index contributed by atoms with van der Waals surface area (Å²) in [6.45, 7) is 1.17. The van der Waals surface area contributed by atoms with Gasteiger partial charge in [-0.3, -0.25) is 0 Å². The fraction of sp³-hybridized carbons (Fsp3) is 0.273. The maximum Gasteiger partial charge on any atom is 0.163 e. The van der Waals surface area contributed by atoms with Gasteiger partial charge in [0.2, 0.25) is 0 Å². The highest BCUT2D eigenvalue weighted by Gasteiger charge is 2.16. The van der Waals surface area contributed by atoms with Crippen molar-refractivity contribution >= 4 is 39.6 Å². The van der Waals surface area contributed by atoms with E-state index < -0.39 is 0 Å². The van der Waals surface area contributed by atoms with Gasteiger partial charge in [-0.1, -0.05) is 0 Å². The molecule has 0 saturated heterocycles. The summed E-state index contributed by atoms with van der Waals surface area (Å²) in [5, 5.41) is 0.966. The number of hydrogen-bond donors (Lipinski definition) is 0. The fourth-order valence-electron chi connectivity index (χ4n) is 1.82. The number of benzene rings is 1. The van der Waals surface area contributed by atoms with Gasteiger partial charge in [-0.25, -0.2) is 9.97 Å². The SMILES string of the molecule is CN(I)c1ncnc2cc3c(cc12)OCCO3. The van der Waals surface area contributed by atoms with Gasteiger partial charge in [0.1, 0.15) is 25.4 Å². The van der Waals surface area contributed by atoms with Crippen LogP contribution in [0.1, 0.15) is 0 Å². The molecule has 0 radical (unpaired) electrons. The summed E-state index contributed by atoms with van der Waals surface area (Å²) >= 11 is 2.18. The predicted octanol–water partition coefficient (Wildman–Crippen LogP) is 2.19. The second-order valence-corrected chi connectivity index (χ2v) is 5.13. The first-order chi connectivity index (χ1) is 8.25. The average molecular weight is 343 g/mol. The molecule has 0 unspecified atom stereocenters. The van der Waals surface area contributed by atoms with Crippen LogP contribution in [0.3, 0.4) is 0 Å². The minimum absolute atomic E-state index is 0.585. The summed E-state index contributed by atoms with van der Waals surface area (Å²) in [7, 11) is 1.94. The lowest BCUT2D eigenvalue weighted by atomic mass is 10.2. The Morgan fingerprint density at radius 1 is 1.18 bits per heavy atom. The second kappa shape index (κ2) is 4.17. The Balaban J connectivity index is 2.26. The van der Waals surface area contributed by atoms with Crippen molar-refractivity contribution in [1.29, 1.82) is 0 Å². The molecule has 0 fully saturated rings. The van der Waals surface area contributed by atoms with Crippen LogP contribution in [0.15, 0.2) is 18.5 Å². The van der Waals surface area contributed by atoms with Crippen LogP contribution in [0.5, 0.6) is 11.5 Å². The van der Waals surface area contributed by atoms with E-state index in [2.05, 4.69) is 32.8 Å². The highest BCUT2D eigenvalue weighted by atomic mass is 127. The van der Waals surface area contributed by atoms with Gasteiger partial charge in [0.25, 0.3) is 0 Å². The van der Waals surface area contributed by atoms with Crippen LogP contribution in [-0.2, 0) is 0 Å². The van der Waals surface area contributed by atoms with E-state index in [1.807, 2.05) is 22.3 Å². The van der Waals surface area contributed by atoms with Crippen molar-refractivity contribution < 1.29 is 9.47 Å². The second-order valence-electron chi connectivity index (χ2n) is 3.69. The lowest BCUT2D eigenvalue weighted by Crippen LogP contribution is -2.15. The molecule has 3 rings (SSSR count). The molecule has 0 atom stereocenters. The van der Waals surface area contributed by atoms with E-state index in [0.717, 1.165) is 28.2 Å². The number of anilines is 1. The Bertz CT molecular complexity index is 574. The molecule has 17 heavy (non-hydrogen) atoms. The maximum absolute atomic E-state index is 5.56. The maximum atomic E-state index is 5.56. The topological polar surface area (TPSA) is 47.5 Å². The van der Waals surface area contributed by atoms with Gasteiger partial charge in [0.05, 0.1) is 28.4 Å². The monoisotopic (exact) mass is 343 g/mol. The van der Waals surface area contributed by atoms with E-state index in [-0.39, 0.29) is 0 Å². The van der Waals surface area contributed by atoms with Gasteiger partial charge < -0.3 is 12.6 Å². The molecule has 2 heterocycles. The van der Waals surface area contributed by atoms with Gasteiger partial charge >= 0.3 is 0 Å². The van der Waals surface area contributed by atoms with Crippen molar-refractivity contribution in [3.8, 4) is 11.5 Å². The number of hydrogen-bond acceptors (Lipinski definition) is 5. The predicted molar refractivity (Wildman–Crippen MR) is 73.0 cm³/mol. The van der Waals surface area contributed by atoms with Crippen molar-refractivity contribution in [3.63, 3.8) is 0 Å². The van der Waals surface area contributed by atoms with Gasteiger partial charge in [0, 0.05) is 18.5 Å². The van der Waals surface area contributed by atoms with Crippen molar-refractivity contribution in [2.75, 3.05) is 23.4 Å². The molecule has 5 nitrogen and oxygen atoms in total. The zero-order chi connectivity index (χ0) is 11.8. The zero-order valence-corrected chi connectivity index (χ0v) is 11.3. The van der Waals surface area contributed by atoms with E-state index in [1.165, 1.54) is 0 Å². The quantitative estimate of drug-likeness (QED) is 0.587. The summed E-state index contributed by atoms with van der Waals surface area (Å²) in [5.74, 6) is 2.38. The van der Waals surface area contributed by atoms with Crippen LogP contribution >= 0.6 is 22.9 Å². The molecular weight excluding hydrogens is 333 g/mol. The molecule has 0 spiro atoms. The largest absolute Gasteiger partial charge is 0.486 e. The molecule has 1 aromatic carbocycles. The van der Waals surface area contributed by atoms with Crippen molar-refractivity contribution in [1.82, 2.24) is 9.97 Å². The number of fused-ring (bicyclic) bond motifs is 2. The molecule has 1 aliphatic rings. The van der Waals surface area contributed by atoms with E-state index in [9.17, 15) is 0 Å². The Morgan fingerprint density at radius 3 is 2.59 bits per heavy atom.